The molecule has 13 heteroatoms. The summed E-state index contributed by atoms with van der Waals surface area (Å²) in [6, 6.07) is 7.17. The van der Waals surface area contributed by atoms with E-state index in [2.05, 4.69) is 5.32 Å². The van der Waals surface area contributed by atoms with Crippen molar-refractivity contribution < 1.29 is 19.9 Å². The minimum atomic E-state index is -0.731. The molecule has 29 heavy (non-hydrogen) atoms. The molecule has 0 heterocycles. The zero-order chi connectivity index (χ0) is 21.6. The lowest BCUT2D eigenvalue weighted by Crippen LogP contribution is -2.32. The zero-order valence-corrected chi connectivity index (χ0v) is 15.6. The number of hydrogen-bond donors (Lipinski definition) is 2. The monoisotopic (exact) mass is 425 g/mol. The van der Waals surface area contributed by atoms with E-state index in [-0.39, 0.29) is 42.6 Å². The van der Waals surface area contributed by atoms with Crippen LogP contribution in [0.25, 0.3) is 0 Å². The van der Waals surface area contributed by atoms with Gasteiger partial charge >= 0.3 is 0 Å². The summed E-state index contributed by atoms with van der Waals surface area (Å²) in [5.74, 6) is 0. The number of nitrogens with zero attached hydrogens (tertiary/aromatic N) is 4. The Labute approximate surface area is 168 Å². The summed E-state index contributed by atoms with van der Waals surface area (Å²) < 4.78 is 0. The molecule has 0 aliphatic heterocycles. The summed E-state index contributed by atoms with van der Waals surface area (Å²) in [4.78, 5) is 32.4. The van der Waals surface area contributed by atoms with Crippen molar-refractivity contribution in [2.24, 2.45) is 0 Å². The highest BCUT2D eigenvalue weighted by atomic mass is 35.5. The number of halogens is 1. The number of non-ortho nitro benzene ring substituents is 2. The lowest BCUT2D eigenvalue weighted by molar-refractivity contribution is -0.393. The van der Waals surface area contributed by atoms with Crippen LogP contribution in [0.1, 0.15) is 0 Å². The average Bonchev–Trinajstić information content (AvgIpc) is 2.67. The van der Waals surface area contributed by atoms with E-state index >= 15 is 0 Å². The maximum Gasteiger partial charge on any atom is 0.299 e. The quantitative estimate of drug-likeness (QED) is 0.429. The average molecular weight is 426 g/mol. The molecule has 0 bridgehead atoms. The van der Waals surface area contributed by atoms with Crippen LogP contribution >= 0.6 is 11.6 Å². The molecule has 2 rings (SSSR count). The fourth-order valence-electron chi connectivity index (χ4n) is 2.60. The summed E-state index contributed by atoms with van der Waals surface area (Å²) >= 11 is 6.01. The van der Waals surface area contributed by atoms with Gasteiger partial charge in [-0.1, -0.05) is 11.6 Å². The molecule has 0 saturated heterocycles. The number of hydrogen-bond acceptors (Lipinski definition) is 9. The topological polar surface area (TPSA) is 165 Å². The molecular weight excluding hydrogens is 410 g/mol. The lowest BCUT2D eigenvalue weighted by Gasteiger charge is -2.24. The van der Waals surface area contributed by atoms with Crippen molar-refractivity contribution in [1.82, 2.24) is 0 Å². The highest BCUT2D eigenvalue weighted by Gasteiger charge is 2.23. The molecule has 12 nitrogen and oxygen atoms in total. The highest BCUT2D eigenvalue weighted by molar-refractivity contribution is 6.33. The van der Waals surface area contributed by atoms with Gasteiger partial charge in [0.25, 0.3) is 17.1 Å². The largest absolute Gasteiger partial charge is 0.395 e. The number of rotatable bonds is 10. The van der Waals surface area contributed by atoms with Crippen molar-refractivity contribution in [2.75, 3.05) is 36.5 Å². The second kappa shape index (κ2) is 9.61. The van der Waals surface area contributed by atoms with Crippen molar-refractivity contribution >= 4 is 40.0 Å². The van der Waals surface area contributed by atoms with Gasteiger partial charge in [0.1, 0.15) is 5.69 Å². The summed E-state index contributed by atoms with van der Waals surface area (Å²) in [5.41, 5.74) is -0.490. The fraction of sp³-hybridized carbons (Fsp3) is 0.250. The Balaban J connectivity index is 2.18. The van der Waals surface area contributed by atoms with Crippen molar-refractivity contribution in [2.45, 2.75) is 0 Å². The van der Waals surface area contributed by atoms with E-state index in [4.69, 9.17) is 11.6 Å². The van der Waals surface area contributed by atoms with Crippen molar-refractivity contribution in [3.05, 3.63) is 71.8 Å². The van der Waals surface area contributed by atoms with Crippen LogP contribution in [0.3, 0.4) is 0 Å². The maximum absolute atomic E-state index is 11.3. The third-order valence-electron chi connectivity index (χ3n) is 3.94. The van der Waals surface area contributed by atoms with Gasteiger partial charge < -0.3 is 15.3 Å². The fourth-order valence-corrected chi connectivity index (χ4v) is 2.84. The molecule has 0 saturated carbocycles. The number of aliphatic hydroxyl groups excluding tert-OH is 1. The molecule has 0 fully saturated rings. The van der Waals surface area contributed by atoms with Gasteiger partial charge in [-0.3, -0.25) is 30.3 Å². The van der Waals surface area contributed by atoms with Gasteiger partial charge in [0, 0.05) is 37.8 Å². The van der Waals surface area contributed by atoms with E-state index in [0.29, 0.717) is 5.69 Å². The van der Waals surface area contributed by atoms with E-state index in [1.54, 1.807) is 0 Å². The van der Waals surface area contributed by atoms with Crippen LogP contribution in [-0.2, 0) is 0 Å². The van der Waals surface area contributed by atoms with E-state index in [9.17, 15) is 35.4 Å². The summed E-state index contributed by atoms with van der Waals surface area (Å²) in [5, 5.41) is 45.3. The standard InChI is InChI=1S/C16H16ClN5O7/c17-13-9-11(20(24)25)1-3-14(13)18-5-6-19(7-8-23)15-4-2-12(21(26)27)10-16(15)22(28)29/h1-4,9-10,18,23H,5-8H2. The molecule has 2 N–H and O–H groups in total. The van der Waals surface area contributed by atoms with Gasteiger partial charge in [-0.15, -0.1) is 0 Å². The Kier molecular flexibility index (Phi) is 7.22. The third-order valence-corrected chi connectivity index (χ3v) is 4.25. The van der Waals surface area contributed by atoms with Gasteiger partial charge in [-0.25, -0.2) is 0 Å². The molecule has 154 valence electrons. The highest BCUT2D eigenvalue weighted by Crippen LogP contribution is 2.32. The smallest absolute Gasteiger partial charge is 0.299 e. The number of nitrogens with one attached hydrogen (secondary N) is 1. The first-order valence-electron chi connectivity index (χ1n) is 8.21. The second-order valence-corrected chi connectivity index (χ2v) is 6.15. The Hall–Kier alpha value is -3.51. The van der Waals surface area contributed by atoms with Crippen LogP contribution < -0.4 is 10.2 Å². The predicted octanol–water partition coefficient (Wildman–Crippen LogP) is 2.98. The van der Waals surface area contributed by atoms with Crippen molar-refractivity contribution in [3.63, 3.8) is 0 Å². The molecule has 2 aromatic rings. The van der Waals surface area contributed by atoms with Crippen LogP contribution in [0.5, 0.6) is 0 Å². The summed E-state index contributed by atoms with van der Waals surface area (Å²) in [7, 11) is 0. The number of aliphatic hydroxyl groups is 1. The summed E-state index contributed by atoms with van der Waals surface area (Å²) in [6.45, 7) is 0.166. The van der Waals surface area contributed by atoms with Crippen molar-refractivity contribution in [1.29, 1.82) is 0 Å². The first kappa shape index (κ1) is 21.8. The molecule has 0 unspecified atom stereocenters. The predicted molar refractivity (Wildman–Crippen MR) is 106 cm³/mol. The normalized spacial score (nSPS) is 10.4. The van der Waals surface area contributed by atoms with Crippen molar-refractivity contribution in [3.8, 4) is 0 Å². The van der Waals surface area contributed by atoms with Gasteiger partial charge in [0.15, 0.2) is 0 Å². The lowest BCUT2D eigenvalue weighted by atomic mass is 10.2. The number of benzene rings is 2. The van der Waals surface area contributed by atoms with Crippen LogP contribution in [0, 0.1) is 30.3 Å². The van der Waals surface area contributed by atoms with E-state index < -0.39 is 26.1 Å². The minimum absolute atomic E-state index is 0.0499. The first-order chi connectivity index (χ1) is 13.7. The SMILES string of the molecule is O=[N+]([O-])c1ccc(NCCN(CCO)c2ccc([N+](=O)[O-])cc2[N+](=O)[O-])c(Cl)c1. The van der Waals surface area contributed by atoms with Crippen LogP contribution in [0.15, 0.2) is 36.4 Å². The van der Waals surface area contributed by atoms with Crippen LogP contribution in [-0.4, -0.2) is 46.1 Å². The molecule has 0 amide bonds. The van der Waals surface area contributed by atoms with E-state index in [0.717, 1.165) is 12.1 Å². The van der Waals surface area contributed by atoms with E-state index in [1.807, 2.05) is 0 Å². The molecule has 0 aliphatic rings. The maximum atomic E-state index is 11.3. The molecule has 0 aromatic heterocycles. The molecule has 2 aromatic carbocycles. The first-order valence-corrected chi connectivity index (χ1v) is 8.59. The third kappa shape index (κ3) is 5.49. The van der Waals surface area contributed by atoms with Gasteiger partial charge in [0.2, 0.25) is 0 Å². The van der Waals surface area contributed by atoms with E-state index in [1.165, 1.54) is 29.2 Å². The Morgan fingerprint density at radius 3 is 2.10 bits per heavy atom. The Morgan fingerprint density at radius 1 is 0.931 bits per heavy atom. The van der Waals surface area contributed by atoms with Gasteiger partial charge in [0.05, 0.1) is 38.2 Å². The minimum Gasteiger partial charge on any atom is -0.395 e. The molecular formula is C16H16ClN5O7. The van der Waals surface area contributed by atoms with Crippen LogP contribution in [0.4, 0.5) is 28.4 Å². The number of nitro benzene ring substituents is 3. The Morgan fingerprint density at radius 2 is 1.55 bits per heavy atom. The Bertz CT molecular complexity index is 940. The molecule has 0 spiro atoms. The van der Waals surface area contributed by atoms with Gasteiger partial charge in [-0.2, -0.15) is 0 Å². The molecule has 0 atom stereocenters. The number of nitro groups is 3. The van der Waals surface area contributed by atoms with Gasteiger partial charge in [-0.05, 0) is 12.1 Å². The molecule has 0 aliphatic carbocycles. The summed E-state index contributed by atoms with van der Waals surface area (Å²) in [6.07, 6.45) is 0. The number of anilines is 2. The zero-order valence-electron chi connectivity index (χ0n) is 14.9. The van der Waals surface area contributed by atoms with Crippen LogP contribution in [0.2, 0.25) is 5.02 Å². The second-order valence-electron chi connectivity index (χ2n) is 5.75. The molecule has 0 radical (unpaired) electrons.